The molecule has 1 aliphatic rings. The smallest absolute Gasteiger partial charge is 0.264 e. The van der Waals surface area contributed by atoms with Gasteiger partial charge in [-0.2, -0.15) is 0 Å². The molecule has 0 amide bonds. The number of rotatable bonds is 0. The van der Waals surface area contributed by atoms with Gasteiger partial charge in [0, 0.05) is 12.1 Å². The average Bonchev–Trinajstić information content (AvgIpc) is 2.50. The first kappa shape index (κ1) is 13.4. The van der Waals surface area contributed by atoms with Crippen molar-refractivity contribution in [2.24, 2.45) is 5.73 Å². The molecule has 6 heteroatoms. The van der Waals surface area contributed by atoms with Crippen molar-refractivity contribution in [1.29, 1.82) is 0 Å². The fourth-order valence-electron chi connectivity index (χ4n) is 2.47. The number of nitrogens with zero attached hydrogens (tertiary/aromatic N) is 1. The minimum Gasteiger partial charge on any atom is -0.320 e. The highest BCUT2D eigenvalue weighted by atomic mass is 35.5. The Hall–Kier alpha value is -1.56. The normalized spacial score (nSPS) is 19.9. The molecule has 20 heavy (non-hydrogen) atoms. The number of sulfonamides is 1. The molecule has 1 aliphatic heterocycles. The Balaban J connectivity index is 2.41. The molecule has 0 aliphatic carbocycles. The summed E-state index contributed by atoms with van der Waals surface area (Å²) in [6.45, 7) is 0. The molecule has 0 radical (unpaired) electrons. The lowest BCUT2D eigenvalue weighted by molar-refractivity contribution is 0.593. The molecular weight excluding hydrogens is 296 g/mol. The van der Waals surface area contributed by atoms with Gasteiger partial charge in [-0.3, -0.25) is 4.31 Å². The first-order chi connectivity index (χ1) is 9.43. The molecule has 0 saturated carbocycles. The highest BCUT2D eigenvalue weighted by Gasteiger charge is 2.33. The quantitative estimate of drug-likeness (QED) is 0.813. The number of halogens is 1. The number of fused-ring (bicyclic) bond motifs is 2. The maximum absolute atomic E-state index is 12.7. The first-order valence-corrected chi connectivity index (χ1v) is 7.87. The van der Waals surface area contributed by atoms with E-state index in [4.69, 9.17) is 17.3 Å². The summed E-state index contributed by atoms with van der Waals surface area (Å²) in [6.07, 6.45) is 0. The van der Waals surface area contributed by atoms with E-state index >= 15 is 0 Å². The monoisotopic (exact) mass is 308 g/mol. The van der Waals surface area contributed by atoms with Crippen LogP contribution in [0.2, 0.25) is 5.02 Å². The largest absolute Gasteiger partial charge is 0.320 e. The summed E-state index contributed by atoms with van der Waals surface area (Å²) in [5, 5.41) is 0.374. The van der Waals surface area contributed by atoms with Crippen LogP contribution in [0.25, 0.3) is 0 Å². The van der Waals surface area contributed by atoms with Crippen molar-refractivity contribution >= 4 is 27.3 Å². The Bertz CT molecular complexity index is 790. The third-order valence-electron chi connectivity index (χ3n) is 3.56. The lowest BCUT2D eigenvalue weighted by atomic mass is 9.98. The van der Waals surface area contributed by atoms with Crippen molar-refractivity contribution in [2.45, 2.75) is 10.9 Å². The minimum atomic E-state index is -3.66. The van der Waals surface area contributed by atoms with Crippen molar-refractivity contribution in [1.82, 2.24) is 0 Å². The zero-order valence-corrected chi connectivity index (χ0v) is 12.3. The Morgan fingerprint density at radius 3 is 2.60 bits per heavy atom. The van der Waals surface area contributed by atoms with Gasteiger partial charge < -0.3 is 5.73 Å². The van der Waals surface area contributed by atoms with E-state index in [0.717, 1.165) is 5.56 Å². The van der Waals surface area contributed by atoms with Crippen molar-refractivity contribution < 1.29 is 8.42 Å². The Kier molecular flexibility index (Phi) is 3.01. The van der Waals surface area contributed by atoms with E-state index in [-0.39, 0.29) is 4.90 Å². The van der Waals surface area contributed by atoms with Gasteiger partial charge in [0.25, 0.3) is 10.0 Å². The molecule has 0 saturated heterocycles. The lowest BCUT2D eigenvalue weighted by Gasteiger charge is -2.19. The van der Waals surface area contributed by atoms with Gasteiger partial charge in [-0.05, 0) is 29.3 Å². The van der Waals surface area contributed by atoms with Gasteiger partial charge in [-0.1, -0.05) is 35.9 Å². The molecule has 104 valence electrons. The number of para-hydroxylation sites is 1. The van der Waals surface area contributed by atoms with Gasteiger partial charge >= 0.3 is 0 Å². The van der Waals surface area contributed by atoms with Crippen LogP contribution in [-0.4, -0.2) is 15.5 Å². The maximum atomic E-state index is 12.7. The summed E-state index contributed by atoms with van der Waals surface area (Å²) < 4.78 is 26.6. The summed E-state index contributed by atoms with van der Waals surface area (Å²) in [4.78, 5) is 0.163. The van der Waals surface area contributed by atoms with Gasteiger partial charge in [-0.25, -0.2) is 8.42 Å². The molecule has 0 unspecified atom stereocenters. The standard InChI is InChI=1S/C14H13ClN2O2S/c1-17-12-5-3-2-4-10(12)14(16)11-7-6-9(15)8-13(11)20(17,18)19/h2-8,14H,16H2,1H3/t14-/m0/s1. The van der Waals surface area contributed by atoms with Crippen molar-refractivity contribution in [3.8, 4) is 0 Å². The van der Waals surface area contributed by atoms with Gasteiger partial charge in [0.15, 0.2) is 0 Å². The second-order valence-electron chi connectivity index (χ2n) is 4.69. The summed E-state index contributed by atoms with van der Waals surface area (Å²) in [6, 6.07) is 11.5. The predicted octanol–water partition coefficient (Wildman–Crippen LogP) is 2.53. The average molecular weight is 309 g/mol. The molecule has 0 aromatic heterocycles. The first-order valence-electron chi connectivity index (χ1n) is 6.06. The third kappa shape index (κ3) is 1.82. The van der Waals surface area contributed by atoms with Crippen LogP contribution >= 0.6 is 11.6 Å². The molecule has 2 aromatic rings. The van der Waals surface area contributed by atoms with E-state index in [0.29, 0.717) is 16.3 Å². The SMILES string of the molecule is CN1c2ccccc2[C@H](N)c2ccc(Cl)cc2S1(=O)=O. The van der Waals surface area contributed by atoms with Gasteiger partial charge in [0.1, 0.15) is 0 Å². The molecule has 0 bridgehead atoms. The molecule has 0 spiro atoms. The zero-order chi connectivity index (χ0) is 14.5. The van der Waals surface area contributed by atoms with Crippen LogP contribution in [-0.2, 0) is 10.0 Å². The molecule has 2 N–H and O–H groups in total. The maximum Gasteiger partial charge on any atom is 0.264 e. The summed E-state index contributed by atoms with van der Waals surface area (Å²) in [7, 11) is -2.13. The van der Waals surface area contributed by atoms with Crippen LogP contribution in [0.3, 0.4) is 0 Å². The molecule has 0 fully saturated rings. The number of hydrogen-bond donors (Lipinski definition) is 1. The fourth-order valence-corrected chi connectivity index (χ4v) is 4.20. The van der Waals surface area contributed by atoms with Crippen LogP contribution in [0.5, 0.6) is 0 Å². The summed E-state index contributed by atoms with van der Waals surface area (Å²) >= 11 is 5.94. The van der Waals surface area contributed by atoms with E-state index in [1.165, 1.54) is 17.4 Å². The van der Waals surface area contributed by atoms with E-state index in [9.17, 15) is 8.42 Å². The second kappa shape index (κ2) is 4.48. The van der Waals surface area contributed by atoms with E-state index in [2.05, 4.69) is 0 Å². The minimum absolute atomic E-state index is 0.163. The fraction of sp³-hybridized carbons (Fsp3) is 0.143. The Labute approximate surface area is 122 Å². The predicted molar refractivity (Wildman–Crippen MR) is 79.5 cm³/mol. The van der Waals surface area contributed by atoms with Crippen LogP contribution in [0.4, 0.5) is 5.69 Å². The van der Waals surface area contributed by atoms with Crippen molar-refractivity contribution in [2.75, 3.05) is 11.4 Å². The van der Waals surface area contributed by atoms with Crippen LogP contribution in [0.1, 0.15) is 17.2 Å². The van der Waals surface area contributed by atoms with Crippen LogP contribution in [0, 0.1) is 0 Å². The van der Waals surface area contributed by atoms with Gasteiger partial charge in [-0.15, -0.1) is 0 Å². The van der Waals surface area contributed by atoms with E-state index in [1.54, 1.807) is 24.3 Å². The number of benzene rings is 2. The number of nitrogens with two attached hydrogens (primary N) is 1. The molecule has 4 nitrogen and oxygen atoms in total. The van der Waals surface area contributed by atoms with Crippen LogP contribution in [0.15, 0.2) is 47.4 Å². The Morgan fingerprint density at radius 1 is 1.15 bits per heavy atom. The third-order valence-corrected chi connectivity index (χ3v) is 5.62. The van der Waals surface area contributed by atoms with Crippen LogP contribution < -0.4 is 10.0 Å². The molecule has 1 heterocycles. The van der Waals surface area contributed by atoms with E-state index in [1.807, 2.05) is 12.1 Å². The highest BCUT2D eigenvalue weighted by molar-refractivity contribution is 7.92. The van der Waals surface area contributed by atoms with E-state index < -0.39 is 16.1 Å². The van der Waals surface area contributed by atoms with Gasteiger partial charge in [0.2, 0.25) is 0 Å². The molecule has 3 rings (SSSR count). The highest BCUT2D eigenvalue weighted by Crippen LogP contribution is 2.39. The van der Waals surface area contributed by atoms with Gasteiger partial charge in [0.05, 0.1) is 16.6 Å². The number of hydrogen-bond acceptors (Lipinski definition) is 3. The summed E-state index contributed by atoms with van der Waals surface area (Å²) in [5.41, 5.74) is 8.19. The molecule has 2 aromatic carbocycles. The van der Waals surface area contributed by atoms with Crippen molar-refractivity contribution in [3.63, 3.8) is 0 Å². The Morgan fingerprint density at radius 2 is 1.85 bits per heavy atom. The molecular formula is C14H13ClN2O2S. The summed E-state index contributed by atoms with van der Waals surface area (Å²) in [5.74, 6) is 0. The second-order valence-corrected chi connectivity index (χ2v) is 7.07. The zero-order valence-electron chi connectivity index (χ0n) is 10.7. The lowest BCUT2D eigenvalue weighted by Crippen LogP contribution is -2.26. The topological polar surface area (TPSA) is 63.4 Å². The molecule has 1 atom stereocenters. The number of anilines is 1. The van der Waals surface area contributed by atoms with Crippen molar-refractivity contribution in [3.05, 3.63) is 58.6 Å².